The molecule has 0 atom stereocenters. The van der Waals surface area contributed by atoms with Crippen LogP contribution in [0.4, 0.5) is 5.82 Å². The Hall–Kier alpha value is -2.09. The van der Waals surface area contributed by atoms with Gasteiger partial charge in [-0.2, -0.15) is 5.26 Å². The predicted octanol–water partition coefficient (Wildman–Crippen LogP) is 0.357. The van der Waals surface area contributed by atoms with Crippen LogP contribution in [0.15, 0.2) is 23.2 Å². The van der Waals surface area contributed by atoms with E-state index in [1.165, 1.54) is 0 Å². The fourth-order valence-corrected chi connectivity index (χ4v) is 2.45. The Morgan fingerprint density at radius 1 is 1.36 bits per heavy atom. The number of likely N-dealkylation sites (N-methyl/N-ethyl adjacent to an activating group) is 1. The Morgan fingerprint density at radius 3 is 2.60 bits per heavy atom. The molecule has 1 aromatic rings. The second-order valence-corrected chi connectivity index (χ2v) is 5.66. The highest BCUT2D eigenvalue weighted by molar-refractivity contribution is 14.0. The first kappa shape index (κ1) is 21.0. The van der Waals surface area contributed by atoms with Crippen molar-refractivity contribution < 1.29 is 4.79 Å². The van der Waals surface area contributed by atoms with Crippen molar-refractivity contribution in [1.82, 2.24) is 20.1 Å². The molecule has 2 rings (SSSR count). The molecule has 1 aliphatic rings. The van der Waals surface area contributed by atoms with Crippen molar-refractivity contribution in [2.75, 3.05) is 58.8 Å². The molecule has 1 saturated heterocycles. The monoisotopic (exact) mass is 457 g/mol. The second-order valence-electron chi connectivity index (χ2n) is 5.66. The number of amides is 1. The number of hydrogen-bond acceptors (Lipinski definition) is 5. The highest BCUT2D eigenvalue weighted by Gasteiger charge is 2.21. The van der Waals surface area contributed by atoms with Gasteiger partial charge in [0.05, 0.1) is 6.54 Å². The van der Waals surface area contributed by atoms with Gasteiger partial charge in [-0.3, -0.25) is 9.79 Å². The van der Waals surface area contributed by atoms with E-state index in [4.69, 9.17) is 5.26 Å². The number of rotatable bonds is 3. The summed E-state index contributed by atoms with van der Waals surface area (Å²) in [7, 11) is 5.18. The van der Waals surface area contributed by atoms with Crippen molar-refractivity contribution >= 4 is 41.7 Å². The molecule has 2 heterocycles. The van der Waals surface area contributed by atoms with Gasteiger partial charge in [0.2, 0.25) is 5.91 Å². The largest absolute Gasteiger partial charge is 0.353 e. The maximum Gasteiger partial charge on any atom is 0.241 e. The Balaban J connectivity index is 0.00000312. The number of anilines is 1. The number of nitrogens with zero attached hydrogens (tertiary/aromatic N) is 6. The van der Waals surface area contributed by atoms with Gasteiger partial charge in [-0.1, -0.05) is 6.07 Å². The third-order valence-corrected chi connectivity index (χ3v) is 3.86. The van der Waals surface area contributed by atoms with E-state index in [-0.39, 0.29) is 36.4 Å². The number of aromatic nitrogens is 1. The summed E-state index contributed by atoms with van der Waals surface area (Å²) in [5, 5.41) is 12.1. The first-order chi connectivity index (χ1) is 11.5. The fourth-order valence-electron chi connectivity index (χ4n) is 2.45. The highest BCUT2D eigenvalue weighted by atomic mass is 127. The van der Waals surface area contributed by atoms with Crippen LogP contribution in [-0.2, 0) is 4.79 Å². The van der Waals surface area contributed by atoms with E-state index >= 15 is 0 Å². The van der Waals surface area contributed by atoms with E-state index in [2.05, 4.69) is 31.2 Å². The molecular formula is C16H24IN7O. The SMILES string of the molecule is CN=C(NCC(=O)N(C)C)N1CCN(c2cccc(C#N)n2)CC1.I. The van der Waals surface area contributed by atoms with Crippen LogP contribution in [0.25, 0.3) is 0 Å². The van der Waals surface area contributed by atoms with E-state index in [0.29, 0.717) is 5.69 Å². The zero-order chi connectivity index (χ0) is 17.5. The number of carbonyl (C=O) groups is 1. The van der Waals surface area contributed by atoms with Crippen molar-refractivity contribution in [2.45, 2.75) is 0 Å². The Morgan fingerprint density at radius 2 is 2.04 bits per heavy atom. The summed E-state index contributed by atoms with van der Waals surface area (Å²) < 4.78 is 0. The Labute approximate surface area is 165 Å². The van der Waals surface area contributed by atoms with E-state index < -0.39 is 0 Å². The quantitative estimate of drug-likeness (QED) is 0.401. The summed E-state index contributed by atoms with van der Waals surface area (Å²) in [6.07, 6.45) is 0. The van der Waals surface area contributed by atoms with Gasteiger partial charge in [0.15, 0.2) is 5.96 Å². The van der Waals surface area contributed by atoms with Gasteiger partial charge in [0.1, 0.15) is 17.6 Å². The standard InChI is InChI=1S/C16H23N7O.HI/c1-18-16(19-12-15(24)21(2)3)23-9-7-22(8-10-23)14-6-4-5-13(11-17)20-14;/h4-6H,7-10,12H2,1-3H3,(H,18,19);1H. The molecule has 0 unspecified atom stereocenters. The molecule has 8 nitrogen and oxygen atoms in total. The molecule has 0 bridgehead atoms. The lowest BCUT2D eigenvalue weighted by atomic mass is 10.3. The number of pyridine rings is 1. The van der Waals surface area contributed by atoms with Gasteiger partial charge >= 0.3 is 0 Å². The first-order valence-corrected chi connectivity index (χ1v) is 7.83. The van der Waals surface area contributed by atoms with Crippen molar-refractivity contribution in [3.05, 3.63) is 23.9 Å². The maximum absolute atomic E-state index is 11.7. The minimum absolute atomic E-state index is 0. The lowest BCUT2D eigenvalue weighted by Gasteiger charge is -2.37. The number of guanidine groups is 1. The molecular weight excluding hydrogens is 433 g/mol. The molecule has 1 fully saturated rings. The number of aliphatic imine (C=N–C) groups is 1. The van der Waals surface area contributed by atoms with Crippen LogP contribution in [0.1, 0.15) is 5.69 Å². The van der Waals surface area contributed by atoms with Gasteiger partial charge in [-0.05, 0) is 12.1 Å². The van der Waals surface area contributed by atoms with Crippen LogP contribution in [0.5, 0.6) is 0 Å². The molecule has 1 N–H and O–H groups in total. The summed E-state index contributed by atoms with van der Waals surface area (Å²) in [5.74, 6) is 1.55. The van der Waals surface area contributed by atoms with Crippen LogP contribution in [0.3, 0.4) is 0 Å². The van der Waals surface area contributed by atoms with Crippen molar-refractivity contribution in [1.29, 1.82) is 5.26 Å². The Bertz CT molecular complexity index is 648. The van der Waals surface area contributed by atoms with Crippen LogP contribution >= 0.6 is 24.0 Å². The lowest BCUT2D eigenvalue weighted by molar-refractivity contribution is -0.127. The molecule has 9 heteroatoms. The smallest absolute Gasteiger partial charge is 0.241 e. The first-order valence-electron chi connectivity index (χ1n) is 7.83. The van der Waals surface area contributed by atoms with E-state index in [0.717, 1.165) is 38.0 Å². The predicted molar refractivity (Wildman–Crippen MR) is 108 cm³/mol. The minimum Gasteiger partial charge on any atom is -0.353 e. The van der Waals surface area contributed by atoms with Gasteiger partial charge in [0.25, 0.3) is 0 Å². The summed E-state index contributed by atoms with van der Waals surface area (Å²) in [6, 6.07) is 7.53. The van der Waals surface area contributed by atoms with Crippen LogP contribution in [-0.4, -0.2) is 80.5 Å². The highest BCUT2D eigenvalue weighted by Crippen LogP contribution is 2.14. The second kappa shape index (κ2) is 10.0. The zero-order valence-corrected chi connectivity index (χ0v) is 17.1. The molecule has 25 heavy (non-hydrogen) atoms. The number of nitriles is 1. The number of piperazine rings is 1. The van der Waals surface area contributed by atoms with Crippen LogP contribution in [0, 0.1) is 11.3 Å². The molecule has 0 aromatic carbocycles. The zero-order valence-electron chi connectivity index (χ0n) is 14.8. The third kappa shape index (κ3) is 5.74. The molecule has 0 saturated carbocycles. The lowest BCUT2D eigenvalue weighted by Crippen LogP contribution is -2.53. The van der Waals surface area contributed by atoms with E-state index in [9.17, 15) is 4.79 Å². The normalized spacial score (nSPS) is 14.4. The van der Waals surface area contributed by atoms with E-state index in [1.54, 1.807) is 32.1 Å². The van der Waals surface area contributed by atoms with E-state index in [1.807, 2.05) is 12.1 Å². The number of hydrogen-bond donors (Lipinski definition) is 1. The van der Waals surface area contributed by atoms with Gasteiger partial charge < -0.3 is 20.0 Å². The van der Waals surface area contributed by atoms with Gasteiger partial charge in [0, 0.05) is 47.3 Å². The topological polar surface area (TPSA) is 87.9 Å². The third-order valence-electron chi connectivity index (χ3n) is 3.86. The maximum atomic E-state index is 11.7. The molecule has 0 spiro atoms. The van der Waals surface area contributed by atoms with Gasteiger partial charge in [-0.15, -0.1) is 24.0 Å². The molecule has 1 amide bonds. The van der Waals surface area contributed by atoms with Crippen molar-refractivity contribution in [3.8, 4) is 6.07 Å². The van der Waals surface area contributed by atoms with Crippen LogP contribution < -0.4 is 10.2 Å². The summed E-state index contributed by atoms with van der Waals surface area (Å²) >= 11 is 0. The average molecular weight is 457 g/mol. The summed E-state index contributed by atoms with van der Waals surface area (Å²) in [6.45, 7) is 3.34. The molecule has 0 aliphatic carbocycles. The van der Waals surface area contributed by atoms with Crippen molar-refractivity contribution in [3.63, 3.8) is 0 Å². The average Bonchev–Trinajstić information content (AvgIpc) is 2.62. The minimum atomic E-state index is 0. The summed E-state index contributed by atoms with van der Waals surface area (Å²) in [4.78, 5) is 26.1. The number of carbonyl (C=O) groups excluding carboxylic acids is 1. The molecule has 1 aliphatic heterocycles. The number of halogens is 1. The van der Waals surface area contributed by atoms with Crippen LogP contribution in [0.2, 0.25) is 0 Å². The summed E-state index contributed by atoms with van der Waals surface area (Å²) in [5.41, 5.74) is 0.426. The van der Waals surface area contributed by atoms with Crippen molar-refractivity contribution in [2.24, 2.45) is 4.99 Å². The molecule has 136 valence electrons. The fraction of sp³-hybridized carbons (Fsp3) is 0.500. The number of nitrogens with one attached hydrogen (secondary N) is 1. The molecule has 0 radical (unpaired) electrons. The van der Waals surface area contributed by atoms with Gasteiger partial charge in [-0.25, -0.2) is 4.98 Å². The molecule has 1 aromatic heterocycles. The Kier molecular flexibility index (Phi) is 8.40.